The van der Waals surface area contributed by atoms with Gasteiger partial charge in [-0.05, 0) is 45.4 Å². The van der Waals surface area contributed by atoms with Crippen molar-refractivity contribution in [3.8, 4) is 0 Å². The van der Waals surface area contributed by atoms with Crippen molar-refractivity contribution in [2.45, 2.75) is 65.3 Å². The molecule has 104 valence electrons. The van der Waals surface area contributed by atoms with Gasteiger partial charge >= 0.3 is 5.97 Å². The van der Waals surface area contributed by atoms with Gasteiger partial charge in [-0.2, -0.15) is 0 Å². The van der Waals surface area contributed by atoms with Gasteiger partial charge in [0.05, 0.1) is 5.41 Å². The second-order valence-corrected chi connectivity index (χ2v) is 6.06. The molecule has 0 aromatic carbocycles. The molecule has 0 aliphatic heterocycles. The molecule has 0 unspecified atom stereocenters. The first kappa shape index (κ1) is 15.0. The highest BCUT2D eigenvalue weighted by atomic mass is 16.4. The van der Waals surface area contributed by atoms with Gasteiger partial charge in [0.2, 0.25) is 5.91 Å². The standard InChI is InChI=1S/C14H25NO3/c1-4-10-5-7-11(8-6-10)15-12(16)9-14(2,3)13(17)18/h10-11H,4-9H2,1-3H3,(H,15,16)(H,17,18). The first-order chi connectivity index (χ1) is 8.35. The topological polar surface area (TPSA) is 66.4 Å². The normalized spacial score (nSPS) is 24.6. The molecule has 18 heavy (non-hydrogen) atoms. The van der Waals surface area contributed by atoms with Crippen LogP contribution in [0.1, 0.15) is 59.3 Å². The summed E-state index contributed by atoms with van der Waals surface area (Å²) >= 11 is 0. The molecule has 0 radical (unpaired) electrons. The van der Waals surface area contributed by atoms with Crippen LogP contribution in [0.25, 0.3) is 0 Å². The van der Waals surface area contributed by atoms with Crippen LogP contribution < -0.4 is 5.32 Å². The van der Waals surface area contributed by atoms with Gasteiger partial charge in [0, 0.05) is 12.5 Å². The van der Waals surface area contributed by atoms with E-state index in [1.807, 2.05) is 0 Å². The van der Waals surface area contributed by atoms with E-state index in [9.17, 15) is 9.59 Å². The summed E-state index contributed by atoms with van der Waals surface area (Å²) in [5, 5.41) is 12.0. The van der Waals surface area contributed by atoms with Crippen LogP contribution in [0, 0.1) is 11.3 Å². The second-order valence-electron chi connectivity index (χ2n) is 6.06. The van der Waals surface area contributed by atoms with Crippen LogP contribution in [0.3, 0.4) is 0 Å². The van der Waals surface area contributed by atoms with Crippen molar-refractivity contribution in [3.63, 3.8) is 0 Å². The molecule has 0 heterocycles. The van der Waals surface area contributed by atoms with Crippen molar-refractivity contribution in [1.82, 2.24) is 5.32 Å². The highest BCUT2D eigenvalue weighted by Crippen LogP contribution is 2.27. The summed E-state index contributed by atoms with van der Waals surface area (Å²) in [6, 6.07) is 0.241. The zero-order valence-electron chi connectivity index (χ0n) is 11.7. The summed E-state index contributed by atoms with van der Waals surface area (Å²) in [6.45, 7) is 5.38. The Labute approximate surface area is 109 Å². The first-order valence-corrected chi connectivity index (χ1v) is 6.88. The Morgan fingerprint density at radius 2 is 1.78 bits per heavy atom. The number of nitrogens with one attached hydrogen (secondary N) is 1. The largest absolute Gasteiger partial charge is 0.481 e. The Kier molecular flexibility index (Phi) is 5.17. The molecule has 4 heteroatoms. The van der Waals surface area contributed by atoms with Crippen LogP contribution >= 0.6 is 0 Å². The zero-order valence-corrected chi connectivity index (χ0v) is 11.7. The van der Waals surface area contributed by atoms with E-state index in [1.54, 1.807) is 13.8 Å². The lowest BCUT2D eigenvalue weighted by atomic mass is 9.84. The summed E-state index contributed by atoms with van der Waals surface area (Å²) < 4.78 is 0. The van der Waals surface area contributed by atoms with E-state index in [4.69, 9.17) is 5.11 Å². The lowest BCUT2D eigenvalue weighted by molar-refractivity contribution is -0.149. The van der Waals surface area contributed by atoms with Gasteiger partial charge in [0.15, 0.2) is 0 Å². The minimum Gasteiger partial charge on any atom is -0.481 e. The van der Waals surface area contributed by atoms with Crippen LogP contribution in [0.2, 0.25) is 0 Å². The number of hydrogen-bond donors (Lipinski definition) is 2. The van der Waals surface area contributed by atoms with Crippen LogP contribution in [0.5, 0.6) is 0 Å². The average molecular weight is 255 g/mol. The minimum atomic E-state index is -0.981. The third kappa shape index (κ3) is 4.31. The molecule has 1 amide bonds. The molecule has 1 saturated carbocycles. The summed E-state index contributed by atoms with van der Waals surface area (Å²) in [6.07, 6.45) is 5.66. The summed E-state index contributed by atoms with van der Waals surface area (Å²) in [4.78, 5) is 22.8. The maximum absolute atomic E-state index is 11.8. The number of hydrogen-bond acceptors (Lipinski definition) is 2. The number of rotatable bonds is 5. The average Bonchev–Trinajstić information content (AvgIpc) is 2.29. The van der Waals surface area contributed by atoms with Gasteiger partial charge in [-0.3, -0.25) is 9.59 Å². The van der Waals surface area contributed by atoms with E-state index in [1.165, 1.54) is 19.3 Å². The third-order valence-corrected chi connectivity index (χ3v) is 3.97. The Bertz CT molecular complexity index is 304. The number of amides is 1. The molecule has 1 fully saturated rings. The molecular formula is C14H25NO3. The Hall–Kier alpha value is -1.06. The lowest BCUT2D eigenvalue weighted by Crippen LogP contribution is -2.40. The third-order valence-electron chi connectivity index (χ3n) is 3.97. The van der Waals surface area contributed by atoms with Crippen LogP contribution in [-0.4, -0.2) is 23.0 Å². The van der Waals surface area contributed by atoms with Crippen molar-refractivity contribution in [1.29, 1.82) is 0 Å². The first-order valence-electron chi connectivity index (χ1n) is 6.88. The number of carboxylic acid groups (broad SMARTS) is 1. The van der Waals surface area contributed by atoms with Crippen molar-refractivity contribution in [2.24, 2.45) is 11.3 Å². The summed E-state index contributed by atoms with van der Waals surface area (Å²) in [7, 11) is 0. The second kappa shape index (κ2) is 6.21. The number of carbonyl (C=O) groups is 2. The summed E-state index contributed by atoms with van der Waals surface area (Å²) in [5.74, 6) is -0.261. The Morgan fingerprint density at radius 1 is 1.22 bits per heavy atom. The molecule has 0 bridgehead atoms. The molecule has 0 aromatic heterocycles. The van der Waals surface area contributed by atoms with E-state index in [-0.39, 0.29) is 18.4 Å². The summed E-state index contributed by atoms with van der Waals surface area (Å²) in [5.41, 5.74) is -0.981. The quantitative estimate of drug-likeness (QED) is 0.793. The molecular weight excluding hydrogens is 230 g/mol. The van der Waals surface area contributed by atoms with Gasteiger partial charge in [0.25, 0.3) is 0 Å². The molecule has 2 N–H and O–H groups in total. The van der Waals surface area contributed by atoms with Crippen molar-refractivity contribution >= 4 is 11.9 Å². The fourth-order valence-corrected chi connectivity index (χ4v) is 2.47. The molecule has 1 aliphatic rings. The monoisotopic (exact) mass is 255 g/mol. The predicted octanol–water partition coefficient (Wildman–Crippen LogP) is 2.57. The highest BCUT2D eigenvalue weighted by Gasteiger charge is 2.31. The van der Waals surface area contributed by atoms with Gasteiger partial charge in [-0.1, -0.05) is 13.3 Å². The van der Waals surface area contributed by atoms with Crippen molar-refractivity contribution < 1.29 is 14.7 Å². The van der Waals surface area contributed by atoms with Crippen LogP contribution in [-0.2, 0) is 9.59 Å². The van der Waals surface area contributed by atoms with Crippen molar-refractivity contribution in [2.75, 3.05) is 0 Å². The van der Waals surface area contributed by atoms with Gasteiger partial charge in [-0.25, -0.2) is 0 Å². The highest BCUT2D eigenvalue weighted by molar-refractivity contribution is 5.84. The smallest absolute Gasteiger partial charge is 0.309 e. The van der Waals surface area contributed by atoms with Crippen molar-refractivity contribution in [3.05, 3.63) is 0 Å². The van der Waals surface area contributed by atoms with Gasteiger partial charge < -0.3 is 10.4 Å². The van der Waals surface area contributed by atoms with Crippen LogP contribution in [0.15, 0.2) is 0 Å². The molecule has 4 nitrogen and oxygen atoms in total. The molecule has 1 aliphatic carbocycles. The maximum Gasteiger partial charge on any atom is 0.309 e. The SMILES string of the molecule is CCC1CCC(NC(=O)CC(C)(C)C(=O)O)CC1. The number of carboxylic acids is 1. The predicted molar refractivity (Wildman–Crippen MR) is 70.2 cm³/mol. The Morgan fingerprint density at radius 3 is 2.22 bits per heavy atom. The molecule has 0 saturated heterocycles. The van der Waals surface area contributed by atoms with E-state index in [0.717, 1.165) is 18.8 Å². The van der Waals surface area contributed by atoms with E-state index in [2.05, 4.69) is 12.2 Å². The fourth-order valence-electron chi connectivity index (χ4n) is 2.47. The van der Waals surface area contributed by atoms with Crippen LogP contribution in [0.4, 0.5) is 0 Å². The van der Waals surface area contributed by atoms with Gasteiger partial charge in [-0.15, -0.1) is 0 Å². The lowest BCUT2D eigenvalue weighted by Gasteiger charge is -2.29. The minimum absolute atomic E-state index is 0.0516. The fraction of sp³-hybridized carbons (Fsp3) is 0.857. The molecule has 0 aromatic rings. The number of carbonyl (C=O) groups excluding carboxylic acids is 1. The zero-order chi connectivity index (χ0) is 13.8. The maximum atomic E-state index is 11.8. The van der Waals surface area contributed by atoms with Gasteiger partial charge in [0.1, 0.15) is 0 Å². The molecule has 1 rings (SSSR count). The molecule has 0 spiro atoms. The Balaban J connectivity index is 2.35. The number of aliphatic carboxylic acids is 1. The van der Waals surface area contributed by atoms with E-state index < -0.39 is 11.4 Å². The van der Waals surface area contributed by atoms with E-state index in [0.29, 0.717) is 0 Å². The van der Waals surface area contributed by atoms with E-state index >= 15 is 0 Å². The molecule has 0 atom stereocenters.